The van der Waals surface area contributed by atoms with Gasteiger partial charge in [0, 0.05) is 25.2 Å². The lowest BCUT2D eigenvalue weighted by atomic mass is 10.1. The average molecular weight is 297 g/mol. The van der Waals surface area contributed by atoms with Gasteiger partial charge in [-0.2, -0.15) is 0 Å². The van der Waals surface area contributed by atoms with Gasteiger partial charge in [-0.25, -0.2) is 9.97 Å². The first-order valence-corrected chi connectivity index (χ1v) is 8.00. The Balaban J connectivity index is 1.73. The molecule has 4 heteroatoms. The number of aryl methyl sites for hydroxylation is 1. The summed E-state index contributed by atoms with van der Waals surface area (Å²) in [6.45, 7) is 5.49. The number of hydrogen-bond acceptors (Lipinski definition) is 4. The molecule has 1 heterocycles. The van der Waals surface area contributed by atoms with Gasteiger partial charge >= 0.3 is 0 Å². The molecule has 0 saturated heterocycles. The lowest BCUT2D eigenvalue weighted by Gasteiger charge is -2.25. The molecule has 0 radical (unpaired) electrons. The van der Waals surface area contributed by atoms with Gasteiger partial charge in [-0.15, -0.1) is 0 Å². The molecule has 1 aliphatic carbocycles. The van der Waals surface area contributed by atoms with Gasteiger partial charge in [0.2, 0.25) is 0 Å². The van der Waals surface area contributed by atoms with Crippen molar-refractivity contribution in [2.75, 3.05) is 18.0 Å². The van der Waals surface area contributed by atoms with Gasteiger partial charge in [0.1, 0.15) is 11.6 Å². The summed E-state index contributed by atoms with van der Waals surface area (Å²) in [7, 11) is 0. The van der Waals surface area contributed by atoms with E-state index in [1.165, 1.54) is 18.4 Å². The molecule has 116 valence electrons. The molecular weight excluding hydrogens is 274 g/mol. The molecule has 0 aliphatic heterocycles. The monoisotopic (exact) mass is 297 g/mol. The summed E-state index contributed by atoms with van der Waals surface area (Å²) >= 11 is 0. The van der Waals surface area contributed by atoms with Crippen LogP contribution in [0.3, 0.4) is 0 Å². The topological polar surface area (TPSA) is 49.2 Å². The molecule has 1 aromatic carbocycles. The van der Waals surface area contributed by atoms with Crippen molar-refractivity contribution in [2.24, 2.45) is 0 Å². The van der Waals surface area contributed by atoms with Crippen LogP contribution < -0.4 is 4.90 Å². The predicted molar refractivity (Wildman–Crippen MR) is 88.0 cm³/mol. The molecule has 1 unspecified atom stereocenters. The van der Waals surface area contributed by atoms with Crippen LogP contribution in [-0.2, 0) is 0 Å². The predicted octanol–water partition coefficient (Wildman–Crippen LogP) is 3.22. The molecule has 0 bridgehead atoms. The minimum atomic E-state index is -0.514. The number of hydrogen-bond donors (Lipinski definition) is 1. The minimum absolute atomic E-state index is 0.514. The molecule has 0 spiro atoms. The second kappa shape index (κ2) is 6.44. The van der Waals surface area contributed by atoms with Crippen LogP contribution in [0.15, 0.2) is 36.5 Å². The highest BCUT2D eigenvalue weighted by atomic mass is 16.3. The van der Waals surface area contributed by atoms with Crippen molar-refractivity contribution in [3.8, 4) is 0 Å². The van der Waals surface area contributed by atoms with Crippen molar-refractivity contribution in [3.05, 3.63) is 53.5 Å². The number of aliphatic hydroxyl groups excluding tert-OH is 1. The van der Waals surface area contributed by atoms with Crippen molar-refractivity contribution < 1.29 is 5.11 Å². The molecule has 1 aromatic heterocycles. The summed E-state index contributed by atoms with van der Waals surface area (Å²) in [5, 5.41) is 10.5. The molecule has 2 aromatic rings. The summed E-state index contributed by atoms with van der Waals surface area (Å²) in [5.74, 6) is 2.40. The lowest BCUT2D eigenvalue weighted by molar-refractivity contribution is 0.183. The fourth-order valence-electron chi connectivity index (χ4n) is 2.57. The highest BCUT2D eigenvalue weighted by molar-refractivity contribution is 5.39. The zero-order chi connectivity index (χ0) is 15.5. The van der Waals surface area contributed by atoms with E-state index in [1.807, 2.05) is 36.5 Å². The summed E-state index contributed by atoms with van der Waals surface area (Å²) in [6.07, 6.45) is 3.71. The van der Waals surface area contributed by atoms with E-state index in [1.54, 1.807) is 0 Å². The van der Waals surface area contributed by atoms with Crippen LogP contribution in [-0.4, -0.2) is 28.2 Å². The normalized spacial score (nSPS) is 15.6. The Hall–Kier alpha value is -1.94. The third-order valence-corrected chi connectivity index (χ3v) is 4.16. The van der Waals surface area contributed by atoms with E-state index in [9.17, 15) is 5.11 Å². The van der Waals surface area contributed by atoms with Gasteiger partial charge in [0.25, 0.3) is 0 Å². The summed E-state index contributed by atoms with van der Waals surface area (Å²) in [6, 6.07) is 9.97. The van der Waals surface area contributed by atoms with Crippen LogP contribution >= 0.6 is 0 Å². The van der Waals surface area contributed by atoms with E-state index in [-0.39, 0.29) is 0 Å². The largest absolute Gasteiger partial charge is 0.387 e. The van der Waals surface area contributed by atoms with E-state index in [2.05, 4.69) is 28.7 Å². The first kappa shape index (κ1) is 15.0. The van der Waals surface area contributed by atoms with Gasteiger partial charge in [-0.3, -0.25) is 0 Å². The second-order valence-electron chi connectivity index (χ2n) is 6.01. The van der Waals surface area contributed by atoms with Gasteiger partial charge < -0.3 is 10.0 Å². The third-order valence-electron chi connectivity index (χ3n) is 4.16. The fourth-order valence-corrected chi connectivity index (χ4v) is 2.57. The van der Waals surface area contributed by atoms with Gasteiger partial charge in [-0.1, -0.05) is 29.8 Å². The average Bonchev–Trinajstić information content (AvgIpc) is 3.38. The number of rotatable bonds is 6. The van der Waals surface area contributed by atoms with E-state index >= 15 is 0 Å². The van der Waals surface area contributed by atoms with Crippen LogP contribution in [0.25, 0.3) is 0 Å². The quantitative estimate of drug-likeness (QED) is 0.889. The fraction of sp³-hybridized carbons (Fsp3) is 0.444. The molecule has 1 aliphatic rings. The van der Waals surface area contributed by atoms with Crippen LogP contribution in [0.5, 0.6) is 0 Å². The number of nitrogens with zero attached hydrogens (tertiary/aromatic N) is 3. The molecule has 1 saturated carbocycles. The van der Waals surface area contributed by atoms with Gasteiger partial charge in [0.05, 0.1) is 6.10 Å². The molecule has 4 nitrogen and oxygen atoms in total. The van der Waals surface area contributed by atoms with Crippen LogP contribution in [0, 0.1) is 6.92 Å². The Kier molecular flexibility index (Phi) is 4.39. The maximum atomic E-state index is 10.5. The lowest BCUT2D eigenvalue weighted by Crippen LogP contribution is -2.29. The van der Waals surface area contributed by atoms with Crippen molar-refractivity contribution in [1.29, 1.82) is 0 Å². The highest BCUT2D eigenvalue weighted by Crippen LogP contribution is 2.38. The van der Waals surface area contributed by atoms with E-state index in [0.29, 0.717) is 12.5 Å². The van der Waals surface area contributed by atoms with E-state index in [0.717, 1.165) is 23.8 Å². The van der Waals surface area contributed by atoms with Gasteiger partial charge in [-0.05, 0) is 38.3 Å². The summed E-state index contributed by atoms with van der Waals surface area (Å²) in [4.78, 5) is 11.1. The first-order chi connectivity index (χ1) is 10.7. The molecule has 0 amide bonds. The Morgan fingerprint density at radius 3 is 2.59 bits per heavy atom. The van der Waals surface area contributed by atoms with Gasteiger partial charge in [0.15, 0.2) is 0 Å². The van der Waals surface area contributed by atoms with Crippen LogP contribution in [0.1, 0.15) is 48.7 Å². The number of anilines is 1. The standard InChI is InChI=1S/C18H23N3O/c1-3-21(12-16(22)14-6-4-13(2)5-7-14)17-10-11-19-18(20-17)15-8-9-15/h4-7,10-11,15-16,22H,3,8-9,12H2,1-2H3. The number of aromatic nitrogens is 2. The van der Waals surface area contributed by atoms with Crippen LogP contribution in [0.4, 0.5) is 5.82 Å². The number of aliphatic hydroxyl groups is 1. The van der Waals surface area contributed by atoms with E-state index < -0.39 is 6.10 Å². The Bertz CT molecular complexity index is 622. The minimum Gasteiger partial charge on any atom is -0.387 e. The van der Waals surface area contributed by atoms with Crippen molar-refractivity contribution in [2.45, 2.75) is 38.7 Å². The molecule has 3 rings (SSSR count). The molecule has 1 atom stereocenters. The smallest absolute Gasteiger partial charge is 0.133 e. The van der Waals surface area contributed by atoms with E-state index in [4.69, 9.17) is 0 Å². The Morgan fingerprint density at radius 2 is 1.95 bits per heavy atom. The molecular formula is C18H23N3O. The third kappa shape index (κ3) is 3.45. The Morgan fingerprint density at radius 1 is 1.23 bits per heavy atom. The highest BCUT2D eigenvalue weighted by Gasteiger charge is 2.27. The van der Waals surface area contributed by atoms with Crippen LogP contribution in [0.2, 0.25) is 0 Å². The zero-order valence-corrected chi connectivity index (χ0v) is 13.2. The molecule has 1 N–H and O–H groups in total. The van der Waals surface area contributed by atoms with Crippen molar-refractivity contribution >= 4 is 5.82 Å². The zero-order valence-electron chi connectivity index (χ0n) is 13.2. The number of benzene rings is 1. The molecule has 1 fully saturated rings. The Labute approximate surface area is 131 Å². The number of likely N-dealkylation sites (N-methyl/N-ethyl adjacent to an activating group) is 1. The summed E-state index contributed by atoms with van der Waals surface area (Å²) in [5.41, 5.74) is 2.15. The second-order valence-corrected chi connectivity index (χ2v) is 6.01. The first-order valence-electron chi connectivity index (χ1n) is 8.00. The summed E-state index contributed by atoms with van der Waals surface area (Å²) < 4.78 is 0. The van der Waals surface area contributed by atoms with Crippen molar-refractivity contribution in [1.82, 2.24) is 9.97 Å². The SMILES string of the molecule is CCN(CC(O)c1ccc(C)cc1)c1ccnc(C2CC2)n1. The maximum Gasteiger partial charge on any atom is 0.133 e. The molecule has 22 heavy (non-hydrogen) atoms. The maximum absolute atomic E-state index is 10.5. The van der Waals surface area contributed by atoms with Crippen molar-refractivity contribution in [3.63, 3.8) is 0 Å².